The Bertz CT molecular complexity index is 882. The number of benzene rings is 2. The number of nitrogens with one attached hydrogen (secondary N) is 2. The Balaban J connectivity index is 1.66. The van der Waals surface area contributed by atoms with Crippen molar-refractivity contribution in [1.29, 1.82) is 0 Å². The molecule has 29 heavy (non-hydrogen) atoms. The molecule has 1 fully saturated rings. The molecule has 7 heteroatoms. The van der Waals surface area contributed by atoms with Gasteiger partial charge in [0.25, 0.3) is 5.91 Å². The lowest BCUT2D eigenvalue weighted by Crippen LogP contribution is -2.34. The molecule has 0 aromatic heterocycles. The maximum absolute atomic E-state index is 12.6. The normalized spacial score (nSPS) is 13.4. The van der Waals surface area contributed by atoms with E-state index in [1.165, 1.54) is 0 Å². The first kappa shape index (κ1) is 21.4. The van der Waals surface area contributed by atoms with Gasteiger partial charge in [0, 0.05) is 18.7 Å². The molecule has 5 nitrogen and oxygen atoms in total. The van der Waals surface area contributed by atoms with Gasteiger partial charge in [-0.1, -0.05) is 37.6 Å². The zero-order valence-corrected chi connectivity index (χ0v) is 18.3. The highest BCUT2D eigenvalue weighted by Crippen LogP contribution is 2.35. The largest absolute Gasteiger partial charge is 0.493 e. The van der Waals surface area contributed by atoms with Crippen molar-refractivity contribution in [2.45, 2.75) is 26.7 Å². The quantitative estimate of drug-likeness (QED) is 0.623. The first-order valence-corrected chi connectivity index (χ1v) is 10.6. The van der Waals surface area contributed by atoms with Crippen LogP contribution in [-0.4, -0.2) is 30.7 Å². The number of thiocarbonyl (C=S) groups is 1. The van der Waals surface area contributed by atoms with Crippen LogP contribution in [0.5, 0.6) is 5.75 Å². The van der Waals surface area contributed by atoms with Crippen molar-refractivity contribution in [2.24, 2.45) is 5.92 Å². The van der Waals surface area contributed by atoms with Gasteiger partial charge in [0.1, 0.15) is 5.75 Å². The second-order valence-electron chi connectivity index (χ2n) is 7.47. The van der Waals surface area contributed by atoms with Crippen molar-refractivity contribution < 1.29 is 9.53 Å². The van der Waals surface area contributed by atoms with Gasteiger partial charge in [-0.25, -0.2) is 0 Å². The number of anilines is 2. The number of para-hydroxylation sites is 1. The maximum atomic E-state index is 12.6. The van der Waals surface area contributed by atoms with E-state index in [0.29, 0.717) is 28.9 Å². The minimum Gasteiger partial charge on any atom is -0.493 e. The fourth-order valence-electron chi connectivity index (χ4n) is 3.20. The molecule has 3 rings (SSSR count). The van der Waals surface area contributed by atoms with Crippen LogP contribution in [0.15, 0.2) is 42.5 Å². The Kier molecular flexibility index (Phi) is 7.34. The first-order chi connectivity index (χ1) is 13.9. The summed E-state index contributed by atoms with van der Waals surface area (Å²) in [6, 6.07) is 12.7. The SMILES string of the molecule is CC(C)COc1cccc(C(=O)NC(=S)Nc2cccc(Cl)c2N2CCCC2)c1. The summed E-state index contributed by atoms with van der Waals surface area (Å²) in [5.41, 5.74) is 2.20. The van der Waals surface area contributed by atoms with Crippen LogP contribution in [0, 0.1) is 5.92 Å². The smallest absolute Gasteiger partial charge is 0.257 e. The summed E-state index contributed by atoms with van der Waals surface area (Å²) < 4.78 is 5.70. The minimum absolute atomic E-state index is 0.228. The molecule has 0 saturated carbocycles. The molecular formula is C22H26ClN3O2S. The number of carbonyl (C=O) groups excluding carboxylic acids is 1. The van der Waals surface area contributed by atoms with E-state index < -0.39 is 0 Å². The number of nitrogens with zero attached hydrogens (tertiary/aromatic N) is 1. The van der Waals surface area contributed by atoms with Crippen LogP contribution in [0.4, 0.5) is 11.4 Å². The predicted molar refractivity (Wildman–Crippen MR) is 123 cm³/mol. The molecular weight excluding hydrogens is 406 g/mol. The Morgan fingerprint density at radius 1 is 1.21 bits per heavy atom. The summed E-state index contributed by atoms with van der Waals surface area (Å²) in [5, 5.41) is 6.76. The number of ether oxygens (including phenoxy) is 1. The Labute approximate surface area is 182 Å². The number of hydrogen-bond donors (Lipinski definition) is 2. The predicted octanol–water partition coefficient (Wildman–Crippen LogP) is 5.10. The second-order valence-corrected chi connectivity index (χ2v) is 8.29. The van der Waals surface area contributed by atoms with Crippen LogP contribution < -0.4 is 20.3 Å². The summed E-state index contributed by atoms with van der Waals surface area (Å²) >= 11 is 11.8. The Hall–Kier alpha value is -2.31. The number of carbonyl (C=O) groups is 1. The third-order valence-electron chi connectivity index (χ3n) is 4.56. The van der Waals surface area contributed by atoms with E-state index in [0.717, 1.165) is 37.3 Å². The van der Waals surface area contributed by atoms with Crippen molar-refractivity contribution in [3.63, 3.8) is 0 Å². The van der Waals surface area contributed by atoms with Crippen molar-refractivity contribution in [3.05, 3.63) is 53.1 Å². The lowest BCUT2D eigenvalue weighted by atomic mass is 10.2. The van der Waals surface area contributed by atoms with Gasteiger partial charge in [-0.15, -0.1) is 0 Å². The number of halogens is 1. The Morgan fingerprint density at radius 3 is 2.66 bits per heavy atom. The van der Waals surface area contributed by atoms with E-state index in [1.54, 1.807) is 18.2 Å². The van der Waals surface area contributed by atoms with Crippen molar-refractivity contribution >= 4 is 46.2 Å². The summed E-state index contributed by atoms with van der Waals surface area (Å²) in [6.07, 6.45) is 2.28. The van der Waals surface area contributed by atoms with E-state index >= 15 is 0 Å². The van der Waals surface area contributed by atoms with Crippen LogP contribution in [-0.2, 0) is 0 Å². The number of hydrogen-bond acceptors (Lipinski definition) is 4. The van der Waals surface area contributed by atoms with Gasteiger partial charge in [0.05, 0.1) is 23.0 Å². The number of amides is 1. The fourth-order valence-corrected chi connectivity index (χ4v) is 3.69. The van der Waals surface area contributed by atoms with Crippen molar-refractivity contribution in [2.75, 3.05) is 29.9 Å². The van der Waals surface area contributed by atoms with Crippen LogP contribution in [0.25, 0.3) is 0 Å². The average molecular weight is 432 g/mol. The van der Waals surface area contributed by atoms with Gasteiger partial charge in [-0.2, -0.15) is 0 Å². The van der Waals surface area contributed by atoms with Gasteiger partial charge in [-0.3, -0.25) is 10.1 Å². The molecule has 0 unspecified atom stereocenters. The number of rotatable bonds is 6. The first-order valence-electron chi connectivity index (χ1n) is 9.82. The molecule has 154 valence electrons. The third kappa shape index (κ3) is 5.84. The Morgan fingerprint density at radius 2 is 1.93 bits per heavy atom. The zero-order valence-electron chi connectivity index (χ0n) is 16.7. The van der Waals surface area contributed by atoms with Gasteiger partial charge in [-0.05, 0) is 61.3 Å². The molecule has 0 aliphatic carbocycles. The van der Waals surface area contributed by atoms with Crippen molar-refractivity contribution in [1.82, 2.24) is 5.32 Å². The monoisotopic (exact) mass is 431 g/mol. The van der Waals surface area contributed by atoms with Crippen LogP contribution in [0.2, 0.25) is 5.02 Å². The average Bonchev–Trinajstić information content (AvgIpc) is 3.21. The summed E-state index contributed by atoms with van der Waals surface area (Å²) in [6.45, 7) is 6.67. The maximum Gasteiger partial charge on any atom is 0.257 e. The molecule has 0 atom stereocenters. The molecule has 1 amide bonds. The summed E-state index contributed by atoms with van der Waals surface area (Å²) in [5.74, 6) is 0.783. The molecule has 1 aliphatic rings. The highest BCUT2D eigenvalue weighted by molar-refractivity contribution is 7.80. The molecule has 1 saturated heterocycles. The lowest BCUT2D eigenvalue weighted by molar-refractivity contribution is 0.0977. The lowest BCUT2D eigenvalue weighted by Gasteiger charge is -2.23. The molecule has 2 N–H and O–H groups in total. The summed E-state index contributed by atoms with van der Waals surface area (Å²) in [7, 11) is 0. The van der Waals surface area contributed by atoms with Crippen LogP contribution in [0.3, 0.4) is 0 Å². The van der Waals surface area contributed by atoms with Gasteiger partial charge in [0.15, 0.2) is 5.11 Å². The van der Waals surface area contributed by atoms with Gasteiger partial charge < -0.3 is 15.0 Å². The molecule has 2 aromatic carbocycles. The molecule has 1 aliphatic heterocycles. The van der Waals surface area contributed by atoms with E-state index in [2.05, 4.69) is 29.4 Å². The van der Waals surface area contributed by atoms with E-state index in [9.17, 15) is 4.79 Å². The standard InChI is InChI=1S/C22H26ClN3O2S/c1-15(2)14-28-17-8-5-7-16(13-17)21(27)25-22(29)24-19-10-6-9-18(23)20(19)26-11-3-4-12-26/h5-10,13,15H,3-4,11-12,14H2,1-2H3,(H2,24,25,27,29). The minimum atomic E-state index is -0.290. The molecule has 2 aromatic rings. The second kappa shape index (κ2) is 9.94. The molecule has 1 heterocycles. The highest BCUT2D eigenvalue weighted by atomic mass is 35.5. The topological polar surface area (TPSA) is 53.6 Å². The van der Waals surface area contributed by atoms with Crippen LogP contribution in [0.1, 0.15) is 37.0 Å². The fraction of sp³-hybridized carbons (Fsp3) is 0.364. The van der Waals surface area contributed by atoms with E-state index in [-0.39, 0.29) is 11.0 Å². The van der Waals surface area contributed by atoms with Gasteiger partial charge >= 0.3 is 0 Å². The van der Waals surface area contributed by atoms with E-state index in [1.807, 2.05) is 24.3 Å². The highest BCUT2D eigenvalue weighted by Gasteiger charge is 2.19. The summed E-state index contributed by atoms with van der Waals surface area (Å²) in [4.78, 5) is 14.9. The van der Waals surface area contributed by atoms with Crippen LogP contribution >= 0.6 is 23.8 Å². The molecule has 0 radical (unpaired) electrons. The van der Waals surface area contributed by atoms with E-state index in [4.69, 9.17) is 28.6 Å². The van der Waals surface area contributed by atoms with Crippen molar-refractivity contribution in [3.8, 4) is 5.75 Å². The molecule has 0 spiro atoms. The molecule has 0 bridgehead atoms. The zero-order chi connectivity index (χ0) is 20.8. The third-order valence-corrected chi connectivity index (χ3v) is 5.07. The van der Waals surface area contributed by atoms with Gasteiger partial charge in [0.2, 0.25) is 0 Å².